The quantitative estimate of drug-likeness (QED) is 0.701. The molecule has 0 aliphatic carbocycles. The lowest BCUT2D eigenvalue weighted by Crippen LogP contribution is -2.34. The van der Waals surface area contributed by atoms with E-state index in [9.17, 15) is 22.8 Å². The molecule has 2 heterocycles. The molecular weight excluding hydrogens is 389 g/mol. The van der Waals surface area contributed by atoms with Crippen molar-refractivity contribution in [2.75, 3.05) is 10.6 Å². The minimum atomic E-state index is -4.70. The molecule has 0 fully saturated rings. The van der Waals surface area contributed by atoms with Gasteiger partial charge in [0.1, 0.15) is 12.3 Å². The van der Waals surface area contributed by atoms with Gasteiger partial charge >= 0.3 is 6.18 Å². The number of rotatable bonds is 3. The number of imidazole rings is 1. The summed E-state index contributed by atoms with van der Waals surface area (Å²) in [4.78, 5) is 27.8. The second-order valence-electron chi connectivity index (χ2n) is 6.52. The molecule has 0 bridgehead atoms. The largest absolute Gasteiger partial charge is 0.479 e. The maximum atomic E-state index is 13.4. The third-order valence-corrected chi connectivity index (χ3v) is 4.40. The predicted octanol–water partition coefficient (Wildman–Crippen LogP) is 3.41. The van der Waals surface area contributed by atoms with Crippen molar-refractivity contribution in [3.8, 4) is 5.75 Å². The number of fused-ring (bicyclic) bond motifs is 2. The van der Waals surface area contributed by atoms with Crippen molar-refractivity contribution in [2.24, 2.45) is 0 Å². The number of halogens is 3. The molecule has 150 valence electrons. The van der Waals surface area contributed by atoms with Crippen molar-refractivity contribution < 1.29 is 27.5 Å². The summed E-state index contributed by atoms with van der Waals surface area (Å²) in [6, 6.07) is 10.7. The predicted molar refractivity (Wildman–Crippen MR) is 98.5 cm³/mol. The van der Waals surface area contributed by atoms with Crippen LogP contribution in [0.3, 0.4) is 0 Å². The van der Waals surface area contributed by atoms with Gasteiger partial charge in [0.2, 0.25) is 11.7 Å². The fraction of sp³-hybridized carbons (Fsp3) is 0.211. The number of carbonyl (C=O) groups is 2. The number of benzene rings is 2. The van der Waals surface area contributed by atoms with Gasteiger partial charge in [-0.1, -0.05) is 12.1 Å². The van der Waals surface area contributed by atoms with Crippen LogP contribution in [0.15, 0.2) is 42.5 Å². The summed E-state index contributed by atoms with van der Waals surface area (Å²) < 4.78 is 46.3. The molecule has 0 saturated heterocycles. The van der Waals surface area contributed by atoms with E-state index < -0.39 is 30.6 Å². The lowest BCUT2D eigenvalue weighted by atomic mass is 10.2. The van der Waals surface area contributed by atoms with Gasteiger partial charge in [-0.2, -0.15) is 13.2 Å². The van der Waals surface area contributed by atoms with E-state index in [1.54, 1.807) is 25.1 Å². The van der Waals surface area contributed by atoms with Crippen LogP contribution < -0.4 is 15.4 Å². The van der Waals surface area contributed by atoms with Crippen LogP contribution in [0.25, 0.3) is 11.0 Å². The first-order valence-electron chi connectivity index (χ1n) is 8.66. The molecule has 1 aliphatic rings. The van der Waals surface area contributed by atoms with E-state index in [0.717, 1.165) is 4.57 Å². The number of hydrogen-bond donors (Lipinski definition) is 2. The van der Waals surface area contributed by atoms with Crippen LogP contribution in [0.2, 0.25) is 0 Å². The zero-order valence-electron chi connectivity index (χ0n) is 15.1. The summed E-state index contributed by atoms with van der Waals surface area (Å²) in [6.45, 7) is 1.02. The highest BCUT2D eigenvalue weighted by Crippen LogP contribution is 2.33. The van der Waals surface area contributed by atoms with Gasteiger partial charge in [-0.05, 0) is 37.3 Å². The van der Waals surface area contributed by atoms with Gasteiger partial charge in [0.05, 0.1) is 16.7 Å². The Balaban J connectivity index is 1.58. The Morgan fingerprint density at radius 3 is 2.79 bits per heavy atom. The summed E-state index contributed by atoms with van der Waals surface area (Å²) in [7, 11) is 0. The number of hydrogen-bond acceptors (Lipinski definition) is 4. The van der Waals surface area contributed by atoms with Crippen molar-refractivity contribution in [1.82, 2.24) is 9.55 Å². The molecule has 2 amide bonds. The van der Waals surface area contributed by atoms with Crippen molar-refractivity contribution >= 4 is 34.2 Å². The minimum Gasteiger partial charge on any atom is -0.479 e. The molecule has 3 aromatic rings. The van der Waals surface area contributed by atoms with Gasteiger partial charge in [0.15, 0.2) is 6.10 Å². The van der Waals surface area contributed by atoms with Crippen LogP contribution in [0.4, 0.5) is 24.5 Å². The van der Waals surface area contributed by atoms with Gasteiger partial charge in [0.25, 0.3) is 5.91 Å². The van der Waals surface area contributed by atoms with E-state index in [1.807, 2.05) is 0 Å². The Hall–Kier alpha value is -3.56. The molecule has 2 N–H and O–H groups in total. The smallest absolute Gasteiger partial charge is 0.449 e. The lowest BCUT2D eigenvalue weighted by Gasteiger charge is -2.23. The second kappa shape index (κ2) is 6.80. The normalized spacial score (nSPS) is 16.1. The van der Waals surface area contributed by atoms with Crippen LogP contribution >= 0.6 is 0 Å². The molecule has 0 saturated carbocycles. The number of aromatic nitrogens is 2. The number of alkyl halides is 3. The monoisotopic (exact) mass is 404 g/mol. The number of amides is 2. The van der Waals surface area contributed by atoms with Crippen molar-refractivity contribution in [3.05, 3.63) is 48.3 Å². The fourth-order valence-electron chi connectivity index (χ4n) is 3.08. The van der Waals surface area contributed by atoms with Crippen LogP contribution in [0.5, 0.6) is 5.75 Å². The summed E-state index contributed by atoms with van der Waals surface area (Å²) in [5, 5.41) is 5.18. The third kappa shape index (κ3) is 3.60. The van der Waals surface area contributed by atoms with Crippen LogP contribution in [0, 0.1) is 0 Å². The van der Waals surface area contributed by atoms with Gasteiger partial charge < -0.3 is 19.9 Å². The van der Waals surface area contributed by atoms with Crippen LogP contribution in [-0.4, -0.2) is 27.5 Å². The number of nitrogens with one attached hydrogen (secondary N) is 2. The standard InChI is InChI=1S/C19H15F3N4O3/c1-10-17(28)24-13-8-11(6-7-15(13)29-10)23-16(27)9-26-14-5-3-2-4-12(14)25-18(26)19(20,21)22/h2-8,10H,9H2,1H3,(H,23,27)(H,24,28)/t10-/m1/s1. The molecule has 4 rings (SSSR count). The van der Waals surface area contributed by atoms with E-state index in [1.165, 1.54) is 24.3 Å². The SMILES string of the molecule is C[C@H]1Oc2ccc(NC(=O)Cn3c(C(F)(F)F)nc4ccccc43)cc2NC1=O. The zero-order chi connectivity index (χ0) is 20.8. The Labute approximate surface area is 162 Å². The molecule has 7 nitrogen and oxygen atoms in total. The van der Waals surface area contributed by atoms with Crippen molar-refractivity contribution in [2.45, 2.75) is 25.7 Å². The Kier molecular flexibility index (Phi) is 4.40. The number of carbonyl (C=O) groups excluding carboxylic acids is 2. The second-order valence-corrected chi connectivity index (χ2v) is 6.52. The first-order valence-corrected chi connectivity index (χ1v) is 8.66. The maximum Gasteiger partial charge on any atom is 0.449 e. The molecule has 1 aliphatic heterocycles. The summed E-state index contributed by atoms with van der Waals surface area (Å²) in [5.41, 5.74) is 1.03. The molecule has 1 atom stereocenters. The highest BCUT2D eigenvalue weighted by Gasteiger charge is 2.38. The van der Waals surface area contributed by atoms with Crippen molar-refractivity contribution in [3.63, 3.8) is 0 Å². The number of nitrogens with zero attached hydrogens (tertiary/aromatic N) is 2. The number of para-hydroxylation sites is 2. The average Bonchev–Trinajstić information content (AvgIpc) is 3.02. The molecule has 2 aromatic carbocycles. The van der Waals surface area contributed by atoms with Crippen LogP contribution in [0.1, 0.15) is 12.7 Å². The van der Waals surface area contributed by atoms with E-state index >= 15 is 0 Å². The molecule has 0 unspecified atom stereocenters. The van der Waals surface area contributed by atoms with Crippen molar-refractivity contribution in [1.29, 1.82) is 0 Å². The topological polar surface area (TPSA) is 85.2 Å². The van der Waals surface area contributed by atoms with Gasteiger partial charge in [-0.3, -0.25) is 9.59 Å². The fourth-order valence-corrected chi connectivity index (χ4v) is 3.08. The lowest BCUT2D eigenvalue weighted by molar-refractivity contribution is -0.147. The Morgan fingerprint density at radius 2 is 2.03 bits per heavy atom. The summed E-state index contributed by atoms with van der Waals surface area (Å²) in [6.07, 6.45) is -5.35. The average molecular weight is 404 g/mol. The van der Waals surface area contributed by atoms with E-state index in [4.69, 9.17) is 4.74 Å². The maximum absolute atomic E-state index is 13.4. The molecule has 29 heavy (non-hydrogen) atoms. The Bertz CT molecular complexity index is 1120. The Morgan fingerprint density at radius 1 is 1.28 bits per heavy atom. The zero-order valence-corrected chi connectivity index (χ0v) is 15.1. The molecule has 0 spiro atoms. The minimum absolute atomic E-state index is 0.149. The van der Waals surface area contributed by atoms with Gasteiger partial charge in [0, 0.05) is 5.69 Å². The molecule has 10 heteroatoms. The summed E-state index contributed by atoms with van der Waals surface area (Å²) in [5.74, 6) is -1.71. The highest BCUT2D eigenvalue weighted by atomic mass is 19.4. The first-order chi connectivity index (χ1) is 13.7. The number of ether oxygens (including phenoxy) is 1. The summed E-state index contributed by atoms with van der Waals surface area (Å²) >= 11 is 0. The molecule has 1 aromatic heterocycles. The first kappa shape index (κ1) is 18.8. The highest BCUT2D eigenvalue weighted by molar-refractivity contribution is 5.99. The van der Waals surface area contributed by atoms with Gasteiger partial charge in [-0.25, -0.2) is 4.98 Å². The molecule has 0 radical (unpaired) electrons. The number of anilines is 2. The van der Waals surface area contributed by atoms with Gasteiger partial charge in [-0.15, -0.1) is 0 Å². The van der Waals surface area contributed by atoms with E-state index in [-0.39, 0.29) is 16.9 Å². The van der Waals surface area contributed by atoms with E-state index in [0.29, 0.717) is 17.1 Å². The van der Waals surface area contributed by atoms with E-state index in [2.05, 4.69) is 15.6 Å². The van der Waals surface area contributed by atoms with Crippen LogP contribution in [-0.2, 0) is 22.3 Å². The third-order valence-electron chi connectivity index (χ3n) is 4.40. The molecular formula is C19H15F3N4O3.